The lowest BCUT2D eigenvalue weighted by Gasteiger charge is -2.25. The van der Waals surface area contributed by atoms with Gasteiger partial charge in [0, 0.05) is 22.9 Å². The van der Waals surface area contributed by atoms with Crippen LogP contribution in [0.1, 0.15) is 25.8 Å². The van der Waals surface area contributed by atoms with E-state index in [2.05, 4.69) is 31.3 Å². The molecule has 1 aromatic carbocycles. The Labute approximate surface area is 108 Å². The van der Waals surface area contributed by atoms with Gasteiger partial charge >= 0.3 is 0 Å². The van der Waals surface area contributed by atoms with E-state index in [0.717, 1.165) is 24.5 Å². The second kappa shape index (κ2) is 6.48. The van der Waals surface area contributed by atoms with Gasteiger partial charge in [0.1, 0.15) is 0 Å². The molecule has 0 aromatic heterocycles. The Morgan fingerprint density at radius 2 is 1.81 bits per heavy atom. The summed E-state index contributed by atoms with van der Waals surface area (Å²) >= 11 is 11.5. The highest BCUT2D eigenvalue weighted by atomic mass is 35.5. The van der Waals surface area contributed by atoms with Crippen LogP contribution >= 0.6 is 23.2 Å². The van der Waals surface area contributed by atoms with E-state index < -0.39 is 0 Å². The molecular weight excluding hydrogens is 241 g/mol. The van der Waals surface area contributed by atoms with Crippen LogP contribution in [0.25, 0.3) is 0 Å². The van der Waals surface area contributed by atoms with E-state index in [1.165, 1.54) is 5.56 Å². The molecule has 16 heavy (non-hydrogen) atoms. The lowest BCUT2D eigenvalue weighted by Crippen LogP contribution is -2.33. The third-order valence-electron chi connectivity index (χ3n) is 2.68. The largest absolute Gasteiger partial charge is 0.316 e. The van der Waals surface area contributed by atoms with Crippen molar-refractivity contribution in [3.8, 4) is 0 Å². The van der Waals surface area contributed by atoms with Crippen LogP contribution in [0.15, 0.2) is 24.3 Å². The average molecular weight is 260 g/mol. The summed E-state index contributed by atoms with van der Waals surface area (Å²) in [5, 5.41) is 4.21. The molecule has 0 aliphatic rings. The Kier molecular flexibility index (Phi) is 5.60. The maximum absolute atomic E-state index is 5.88. The van der Waals surface area contributed by atoms with Gasteiger partial charge in [-0.2, -0.15) is 0 Å². The number of rotatable bonds is 6. The van der Waals surface area contributed by atoms with Crippen molar-refractivity contribution in [3.63, 3.8) is 0 Å². The van der Waals surface area contributed by atoms with E-state index in [1.807, 2.05) is 12.1 Å². The van der Waals surface area contributed by atoms with Crippen molar-refractivity contribution in [1.82, 2.24) is 5.32 Å². The molecule has 0 radical (unpaired) electrons. The van der Waals surface area contributed by atoms with Crippen molar-refractivity contribution in [1.29, 1.82) is 0 Å². The van der Waals surface area contributed by atoms with Gasteiger partial charge in [-0.25, -0.2) is 0 Å². The van der Waals surface area contributed by atoms with Gasteiger partial charge in [0.05, 0.1) is 0 Å². The van der Waals surface area contributed by atoms with Gasteiger partial charge in [-0.15, -0.1) is 11.6 Å². The summed E-state index contributed by atoms with van der Waals surface area (Å²) < 4.78 is 0. The third-order valence-corrected chi connectivity index (χ3v) is 3.20. The molecule has 0 bridgehead atoms. The lowest BCUT2D eigenvalue weighted by atomic mass is 9.84. The summed E-state index contributed by atoms with van der Waals surface area (Å²) in [4.78, 5) is 0. The van der Waals surface area contributed by atoms with Crippen LogP contribution < -0.4 is 5.32 Å². The predicted octanol–water partition coefficient (Wildman–Crippen LogP) is 3.84. The van der Waals surface area contributed by atoms with E-state index >= 15 is 0 Å². The molecule has 0 aliphatic carbocycles. The SMILES string of the molecule is CC(C)(CNCCCCl)c1ccc(Cl)cc1. The van der Waals surface area contributed by atoms with E-state index in [0.29, 0.717) is 5.88 Å². The highest BCUT2D eigenvalue weighted by molar-refractivity contribution is 6.30. The standard InChI is InChI=1S/C13H19Cl2N/c1-13(2,10-16-9-3-8-14)11-4-6-12(15)7-5-11/h4-7,16H,3,8-10H2,1-2H3. The second-order valence-corrected chi connectivity index (χ2v) is 5.42. The summed E-state index contributed by atoms with van der Waals surface area (Å²) in [6, 6.07) is 8.06. The maximum Gasteiger partial charge on any atom is 0.0406 e. The number of alkyl halides is 1. The molecule has 0 saturated heterocycles. The first kappa shape index (κ1) is 13.8. The van der Waals surface area contributed by atoms with Crippen LogP contribution in [0.4, 0.5) is 0 Å². The molecule has 0 fully saturated rings. The molecular formula is C13H19Cl2N. The summed E-state index contributed by atoms with van der Waals surface area (Å²) in [6.45, 7) is 6.37. The topological polar surface area (TPSA) is 12.0 Å². The van der Waals surface area contributed by atoms with Crippen LogP contribution in [0, 0.1) is 0 Å². The van der Waals surface area contributed by atoms with Gasteiger partial charge in [-0.3, -0.25) is 0 Å². The Morgan fingerprint density at radius 1 is 1.19 bits per heavy atom. The lowest BCUT2D eigenvalue weighted by molar-refractivity contribution is 0.470. The molecule has 0 amide bonds. The molecule has 0 heterocycles. The Bertz CT molecular complexity index is 306. The van der Waals surface area contributed by atoms with Crippen LogP contribution in [-0.2, 0) is 5.41 Å². The summed E-state index contributed by atoms with van der Waals surface area (Å²) in [7, 11) is 0. The normalized spacial score (nSPS) is 11.8. The third kappa shape index (κ3) is 4.32. The molecule has 0 unspecified atom stereocenters. The fourth-order valence-corrected chi connectivity index (χ4v) is 1.86. The van der Waals surface area contributed by atoms with Crippen LogP contribution in [-0.4, -0.2) is 19.0 Å². The first-order chi connectivity index (χ1) is 7.56. The van der Waals surface area contributed by atoms with Gasteiger partial charge in [0.2, 0.25) is 0 Å². The van der Waals surface area contributed by atoms with Gasteiger partial charge < -0.3 is 5.32 Å². The van der Waals surface area contributed by atoms with Crippen molar-refractivity contribution in [2.75, 3.05) is 19.0 Å². The summed E-state index contributed by atoms with van der Waals surface area (Å²) in [5.41, 5.74) is 1.42. The minimum absolute atomic E-state index is 0.122. The quantitative estimate of drug-likeness (QED) is 0.605. The van der Waals surface area contributed by atoms with E-state index in [-0.39, 0.29) is 5.41 Å². The number of benzene rings is 1. The molecule has 0 saturated carbocycles. The molecule has 1 rings (SSSR count). The van der Waals surface area contributed by atoms with E-state index in [9.17, 15) is 0 Å². The van der Waals surface area contributed by atoms with Gasteiger partial charge in [-0.1, -0.05) is 37.6 Å². The van der Waals surface area contributed by atoms with Crippen molar-refractivity contribution in [2.24, 2.45) is 0 Å². The summed E-state index contributed by atoms with van der Waals surface area (Å²) in [6.07, 6.45) is 1.01. The van der Waals surface area contributed by atoms with E-state index in [1.54, 1.807) is 0 Å². The molecule has 1 N–H and O–H groups in total. The number of halogens is 2. The summed E-state index contributed by atoms with van der Waals surface area (Å²) in [5.74, 6) is 0.717. The minimum atomic E-state index is 0.122. The van der Waals surface area contributed by atoms with Crippen molar-refractivity contribution >= 4 is 23.2 Å². The monoisotopic (exact) mass is 259 g/mol. The van der Waals surface area contributed by atoms with Crippen LogP contribution in [0.5, 0.6) is 0 Å². The smallest absolute Gasteiger partial charge is 0.0406 e. The molecule has 0 spiro atoms. The van der Waals surface area contributed by atoms with Crippen molar-refractivity contribution < 1.29 is 0 Å². The van der Waals surface area contributed by atoms with Crippen molar-refractivity contribution in [2.45, 2.75) is 25.7 Å². The molecule has 90 valence electrons. The Morgan fingerprint density at radius 3 is 2.38 bits per heavy atom. The van der Waals surface area contributed by atoms with E-state index in [4.69, 9.17) is 23.2 Å². The van der Waals surface area contributed by atoms with Gasteiger partial charge in [0.25, 0.3) is 0 Å². The van der Waals surface area contributed by atoms with Gasteiger partial charge in [-0.05, 0) is 30.7 Å². The number of hydrogen-bond donors (Lipinski definition) is 1. The van der Waals surface area contributed by atoms with Gasteiger partial charge in [0.15, 0.2) is 0 Å². The minimum Gasteiger partial charge on any atom is -0.316 e. The molecule has 1 nitrogen and oxygen atoms in total. The first-order valence-electron chi connectivity index (χ1n) is 5.59. The highest BCUT2D eigenvalue weighted by Crippen LogP contribution is 2.23. The molecule has 0 atom stereocenters. The zero-order valence-electron chi connectivity index (χ0n) is 9.89. The fourth-order valence-electron chi connectivity index (χ4n) is 1.60. The first-order valence-corrected chi connectivity index (χ1v) is 6.50. The fraction of sp³-hybridized carbons (Fsp3) is 0.538. The molecule has 3 heteroatoms. The maximum atomic E-state index is 5.88. The molecule has 1 aromatic rings. The predicted molar refractivity (Wildman–Crippen MR) is 72.7 cm³/mol. The highest BCUT2D eigenvalue weighted by Gasteiger charge is 2.19. The second-order valence-electron chi connectivity index (χ2n) is 4.61. The number of nitrogens with one attached hydrogen (secondary N) is 1. The Balaban J connectivity index is 2.52. The van der Waals surface area contributed by atoms with Crippen LogP contribution in [0.3, 0.4) is 0 Å². The number of hydrogen-bond acceptors (Lipinski definition) is 1. The zero-order valence-corrected chi connectivity index (χ0v) is 11.4. The van der Waals surface area contributed by atoms with Crippen molar-refractivity contribution in [3.05, 3.63) is 34.9 Å². The van der Waals surface area contributed by atoms with Crippen LogP contribution in [0.2, 0.25) is 5.02 Å². The zero-order chi connectivity index (χ0) is 12.0. The average Bonchev–Trinajstić information content (AvgIpc) is 2.25. The Hall–Kier alpha value is -0.240. The molecule has 0 aliphatic heterocycles.